The zero-order valence-electron chi connectivity index (χ0n) is 15.9. The van der Waals surface area contributed by atoms with Crippen LogP contribution in [0.2, 0.25) is 0 Å². The fourth-order valence-corrected chi connectivity index (χ4v) is 2.35. The van der Waals surface area contributed by atoms with Gasteiger partial charge in [-0.05, 0) is 38.3 Å². The van der Waals surface area contributed by atoms with Crippen molar-refractivity contribution in [3.05, 3.63) is 96.7 Å². The highest BCUT2D eigenvalue weighted by molar-refractivity contribution is 5.94. The number of benzene rings is 1. The van der Waals surface area contributed by atoms with Gasteiger partial charge in [0.25, 0.3) is 0 Å². The molecule has 25 heavy (non-hydrogen) atoms. The van der Waals surface area contributed by atoms with Crippen molar-refractivity contribution in [3.63, 3.8) is 0 Å². The second-order valence-corrected chi connectivity index (χ2v) is 5.37. The summed E-state index contributed by atoms with van der Waals surface area (Å²) in [5.41, 5.74) is 6.50. The van der Waals surface area contributed by atoms with Crippen molar-refractivity contribution in [1.29, 1.82) is 0 Å². The molecule has 1 atom stereocenters. The van der Waals surface area contributed by atoms with Crippen molar-refractivity contribution < 1.29 is 4.79 Å². The highest BCUT2D eigenvalue weighted by Crippen LogP contribution is 2.35. The van der Waals surface area contributed by atoms with Gasteiger partial charge >= 0.3 is 0 Å². The predicted molar refractivity (Wildman–Crippen MR) is 110 cm³/mol. The van der Waals surface area contributed by atoms with E-state index < -0.39 is 11.3 Å². The Labute approximate surface area is 153 Å². The molecule has 134 valence electrons. The zero-order chi connectivity index (χ0) is 19.1. The molecule has 0 saturated carbocycles. The second kappa shape index (κ2) is 12.8. The maximum Gasteiger partial charge on any atom is 0.236 e. The Hall–Kier alpha value is -2.61. The van der Waals surface area contributed by atoms with Gasteiger partial charge in [0.05, 0.1) is 0 Å². The molecule has 0 aromatic heterocycles. The number of rotatable bonds is 7. The van der Waals surface area contributed by atoms with E-state index in [-0.39, 0.29) is 0 Å². The zero-order valence-corrected chi connectivity index (χ0v) is 15.9. The van der Waals surface area contributed by atoms with Crippen molar-refractivity contribution in [2.45, 2.75) is 39.5 Å². The molecule has 0 saturated heterocycles. The van der Waals surface area contributed by atoms with E-state index in [0.29, 0.717) is 0 Å². The van der Waals surface area contributed by atoms with Crippen molar-refractivity contribution in [2.24, 2.45) is 5.73 Å². The summed E-state index contributed by atoms with van der Waals surface area (Å²) >= 11 is 0. The van der Waals surface area contributed by atoms with Crippen molar-refractivity contribution in [1.82, 2.24) is 0 Å². The molecule has 2 nitrogen and oxygen atoms in total. The van der Waals surface area contributed by atoms with Crippen molar-refractivity contribution in [2.75, 3.05) is 0 Å². The lowest BCUT2D eigenvalue weighted by Gasteiger charge is -2.29. The van der Waals surface area contributed by atoms with Crippen LogP contribution in [0, 0.1) is 0 Å². The van der Waals surface area contributed by atoms with Crippen molar-refractivity contribution >= 4 is 5.91 Å². The first-order valence-corrected chi connectivity index (χ1v) is 8.61. The summed E-state index contributed by atoms with van der Waals surface area (Å²) in [7, 11) is 0. The molecule has 1 aromatic carbocycles. The number of primary amides is 1. The molecule has 0 heterocycles. The van der Waals surface area contributed by atoms with Crippen molar-refractivity contribution in [3.8, 4) is 0 Å². The van der Waals surface area contributed by atoms with Crippen LogP contribution in [0.5, 0.6) is 0 Å². The average molecular weight is 338 g/mol. The summed E-state index contributed by atoms with van der Waals surface area (Å²) in [5, 5.41) is 0. The summed E-state index contributed by atoms with van der Waals surface area (Å²) in [6.45, 7) is 11.7. The van der Waals surface area contributed by atoms with Crippen LogP contribution in [0.4, 0.5) is 0 Å². The molecule has 0 aliphatic rings. The largest absolute Gasteiger partial charge is 0.368 e. The molecular weight excluding hydrogens is 306 g/mol. The highest BCUT2D eigenvalue weighted by Gasteiger charge is 2.38. The fourth-order valence-electron chi connectivity index (χ4n) is 2.35. The lowest BCUT2D eigenvalue weighted by Crippen LogP contribution is -2.41. The Kier molecular flexibility index (Phi) is 11.4. The molecule has 1 unspecified atom stereocenters. The first-order chi connectivity index (χ1) is 12.0. The molecule has 1 rings (SSSR count). The minimum absolute atomic E-state index is 0.399. The maximum absolute atomic E-state index is 12.4. The molecule has 0 radical (unpaired) electrons. The number of hydrogen-bond donors (Lipinski definition) is 1. The molecule has 0 spiro atoms. The molecule has 2 N–H and O–H groups in total. The van der Waals surface area contributed by atoms with Gasteiger partial charge < -0.3 is 5.73 Å². The molecule has 0 bridgehead atoms. The smallest absolute Gasteiger partial charge is 0.236 e. The number of allylic oxidation sites excluding steroid dienone is 7. The number of carbonyl (C=O) groups excluding carboxylic acids is 1. The normalized spacial score (nSPS) is 14.3. The fraction of sp³-hybridized carbons (Fsp3) is 0.261. The summed E-state index contributed by atoms with van der Waals surface area (Å²) < 4.78 is 0. The third-order valence-electron chi connectivity index (χ3n) is 3.65. The Morgan fingerprint density at radius 3 is 2.12 bits per heavy atom. The van der Waals surface area contributed by atoms with Gasteiger partial charge in [-0.2, -0.15) is 0 Å². The van der Waals surface area contributed by atoms with Gasteiger partial charge in [0, 0.05) is 0 Å². The third-order valence-corrected chi connectivity index (χ3v) is 3.65. The molecule has 1 amide bonds. The van der Waals surface area contributed by atoms with Gasteiger partial charge in [-0.15, -0.1) is 0 Å². The van der Waals surface area contributed by atoms with Crippen LogP contribution < -0.4 is 5.73 Å². The summed E-state index contributed by atoms with van der Waals surface area (Å²) in [6, 6.07) is 9.59. The van der Waals surface area contributed by atoms with Crippen LogP contribution in [0.15, 0.2) is 91.1 Å². The standard InChI is InChI=1S/C19H23NO.C4H8/c1-4-7-15-19(18(20)21,16(11-5-2)12-6-3)17-13-9-8-10-14-17;1-3-4-2/h5-15H,2,4H2,1,3H3,(H2,20,21);3-4H,1-2H3/b12-6-,15-7+,16-11+;4-3-. The second-order valence-electron chi connectivity index (χ2n) is 5.37. The molecule has 0 aliphatic heterocycles. The first kappa shape index (κ1) is 22.4. The van der Waals surface area contributed by atoms with E-state index in [0.717, 1.165) is 17.6 Å². The lowest BCUT2D eigenvalue weighted by atomic mass is 9.72. The molecule has 0 aliphatic carbocycles. The van der Waals surface area contributed by atoms with E-state index in [1.165, 1.54) is 0 Å². The van der Waals surface area contributed by atoms with Gasteiger partial charge in [0.2, 0.25) is 5.91 Å². The number of hydrogen-bond acceptors (Lipinski definition) is 1. The van der Waals surface area contributed by atoms with E-state index in [9.17, 15) is 4.79 Å². The van der Waals surface area contributed by atoms with E-state index in [1.54, 1.807) is 6.08 Å². The van der Waals surface area contributed by atoms with Crippen LogP contribution >= 0.6 is 0 Å². The van der Waals surface area contributed by atoms with E-state index in [4.69, 9.17) is 5.73 Å². The number of carbonyl (C=O) groups is 1. The Balaban J connectivity index is 0.00000129. The number of amides is 1. The number of nitrogens with two attached hydrogens (primary N) is 1. The minimum Gasteiger partial charge on any atom is -0.368 e. The monoisotopic (exact) mass is 337 g/mol. The first-order valence-electron chi connectivity index (χ1n) is 8.61. The minimum atomic E-state index is -0.974. The van der Waals surface area contributed by atoms with E-state index in [1.807, 2.05) is 101 Å². The Morgan fingerprint density at radius 1 is 1.12 bits per heavy atom. The topological polar surface area (TPSA) is 43.1 Å². The quantitative estimate of drug-likeness (QED) is 0.507. The SMILES string of the molecule is C/C=C\C.C=C/C=C(\C=C/C)C(/C=C/CC)(C(N)=O)c1ccccc1. The van der Waals surface area contributed by atoms with Crippen LogP contribution in [0.25, 0.3) is 0 Å². The molecule has 1 aromatic rings. The van der Waals surface area contributed by atoms with Gasteiger partial charge in [-0.25, -0.2) is 0 Å². The Morgan fingerprint density at radius 2 is 1.72 bits per heavy atom. The highest BCUT2D eigenvalue weighted by atomic mass is 16.1. The van der Waals surface area contributed by atoms with Gasteiger partial charge in [-0.1, -0.05) is 92.4 Å². The van der Waals surface area contributed by atoms with E-state index in [2.05, 4.69) is 6.58 Å². The van der Waals surface area contributed by atoms with Gasteiger partial charge in [0.15, 0.2) is 0 Å². The summed E-state index contributed by atoms with van der Waals surface area (Å²) in [5.74, 6) is -0.399. The van der Waals surface area contributed by atoms with Gasteiger partial charge in [0.1, 0.15) is 5.41 Å². The van der Waals surface area contributed by atoms with Crippen LogP contribution in [-0.4, -0.2) is 5.91 Å². The van der Waals surface area contributed by atoms with Crippen LogP contribution in [0.3, 0.4) is 0 Å². The third kappa shape index (κ3) is 6.42. The lowest BCUT2D eigenvalue weighted by molar-refractivity contribution is -0.120. The van der Waals surface area contributed by atoms with E-state index >= 15 is 0 Å². The predicted octanol–water partition coefficient (Wildman–Crippen LogP) is 5.65. The summed E-state index contributed by atoms with van der Waals surface area (Å²) in [6.07, 6.45) is 16.0. The molecule has 2 heteroatoms. The average Bonchev–Trinajstić information content (AvgIpc) is 2.63. The summed E-state index contributed by atoms with van der Waals surface area (Å²) in [4.78, 5) is 12.4. The Bertz CT molecular complexity index is 631. The molecule has 0 fully saturated rings. The maximum atomic E-state index is 12.4. The van der Waals surface area contributed by atoms with Gasteiger partial charge in [-0.3, -0.25) is 4.79 Å². The van der Waals surface area contributed by atoms with Crippen LogP contribution in [0.1, 0.15) is 39.7 Å². The molecular formula is C23H31NO. The van der Waals surface area contributed by atoms with Crippen LogP contribution in [-0.2, 0) is 10.2 Å².